The van der Waals surface area contributed by atoms with Crippen LogP contribution in [0.3, 0.4) is 0 Å². The van der Waals surface area contributed by atoms with Gasteiger partial charge >= 0.3 is 0 Å². The predicted molar refractivity (Wildman–Crippen MR) is 85.2 cm³/mol. The zero-order valence-corrected chi connectivity index (χ0v) is 14.0. The molecule has 0 aliphatic carbocycles. The van der Waals surface area contributed by atoms with E-state index >= 15 is 0 Å². The lowest BCUT2D eigenvalue weighted by molar-refractivity contribution is -0.0553. The molecule has 1 saturated heterocycles. The van der Waals surface area contributed by atoms with Gasteiger partial charge in [0.2, 0.25) is 5.95 Å². The van der Waals surface area contributed by atoms with Crippen molar-refractivity contribution >= 4 is 27.7 Å². The minimum absolute atomic E-state index is 0.0707. The Hall–Kier alpha value is -0.880. The molecule has 1 fully saturated rings. The van der Waals surface area contributed by atoms with Crippen LogP contribution in [0.25, 0.3) is 0 Å². The molecule has 1 aromatic rings. The van der Waals surface area contributed by atoms with Crippen molar-refractivity contribution in [2.24, 2.45) is 0 Å². The van der Waals surface area contributed by atoms with Gasteiger partial charge in [-0.25, -0.2) is 4.98 Å². The minimum atomic E-state index is -0.0707. The molecule has 2 N–H and O–H groups in total. The van der Waals surface area contributed by atoms with Gasteiger partial charge in [0, 0.05) is 25.4 Å². The maximum Gasteiger partial charge on any atom is 0.224 e. The first-order valence-corrected chi connectivity index (χ1v) is 7.96. The lowest BCUT2D eigenvalue weighted by Gasteiger charge is -2.36. The second-order valence-electron chi connectivity index (χ2n) is 5.76. The Balaban J connectivity index is 2.04. The van der Waals surface area contributed by atoms with Crippen LogP contribution in [0.5, 0.6) is 0 Å². The van der Waals surface area contributed by atoms with Crippen LogP contribution >= 0.6 is 15.9 Å². The zero-order valence-electron chi connectivity index (χ0n) is 12.4. The van der Waals surface area contributed by atoms with Crippen molar-refractivity contribution in [3.8, 4) is 0 Å². The summed E-state index contributed by atoms with van der Waals surface area (Å²) in [6.45, 7) is 8.04. The van der Waals surface area contributed by atoms with Crippen molar-refractivity contribution in [2.45, 2.75) is 51.7 Å². The normalized spacial score (nSPS) is 21.5. The molecule has 0 radical (unpaired) electrons. The van der Waals surface area contributed by atoms with E-state index in [-0.39, 0.29) is 5.60 Å². The fourth-order valence-corrected chi connectivity index (χ4v) is 2.64. The van der Waals surface area contributed by atoms with Crippen molar-refractivity contribution in [1.29, 1.82) is 0 Å². The van der Waals surface area contributed by atoms with E-state index in [2.05, 4.69) is 57.3 Å². The second-order valence-corrected chi connectivity index (χ2v) is 6.61. The van der Waals surface area contributed by atoms with Crippen molar-refractivity contribution in [1.82, 2.24) is 9.97 Å². The van der Waals surface area contributed by atoms with Gasteiger partial charge in [0.1, 0.15) is 5.82 Å². The molecule has 0 bridgehead atoms. The molecule has 1 aliphatic rings. The van der Waals surface area contributed by atoms with E-state index in [4.69, 9.17) is 4.74 Å². The molecule has 0 aromatic carbocycles. The first-order chi connectivity index (χ1) is 9.50. The third-order valence-corrected chi connectivity index (χ3v) is 3.90. The smallest absolute Gasteiger partial charge is 0.224 e. The van der Waals surface area contributed by atoms with Crippen LogP contribution in [0.1, 0.15) is 40.0 Å². The van der Waals surface area contributed by atoms with E-state index in [1.807, 2.05) is 0 Å². The molecular formula is C14H23BrN4O. The molecule has 1 unspecified atom stereocenters. The number of hydrogen-bond acceptors (Lipinski definition) is 5. The predicted octanol–water partition coefficient (Wildman–Crippen LogP) is 3.43. The van der Waals surface area contributed by atoms with Gasteiger partial charge in [0.25, 0.3) is 0 Å². The van der Waals surface area contributed by atoms with Crippen molar-refractivity contribution in [3.05, 3.63) is 10.7 Å². The number of anilines is 2. The number of ether oxygens (including phenoxy) is 1. The Bertz CT molecular complexity index is 453. The molecular weight excluding hydrogens is 320 g/mol. The molecule has 2 heterocycles. The van der Waals surface area contributed by atoms with Gasteiger partial charge in [-0.15, -0.1) is 0 Å². The highest BCUT2D eigenvalue weighted by molar-refractivity contribution is 9.10. The van der Waals surface area contributed by atoms with E-state index < -0.39 is 0 Å². The van der Waals surface area contributed by atoms with Gasteiger partial charge in [-0.1, -0.05) is 6.92 Å². The fourth-order valence-electron chi connectivity index (χ4n) is 2.34. The summed E-state index contributed by atoms with van der Waals surface area (Å²) in [5.41, 5.74) is -0.0707. The largest absolute Gasteiger partial charge is 0.375 e. The number of nitrogens with zero attached hydrogens (tertiary/aromatic N) is 2. The van der Waals surface area contributed by atoms with Crippen molar-refractivity contribution in [3.63, 3.8) is 0 Å². The number of halogens is 1. The molecule has 0 saturated carbocycles. The second kappa shape index (κ2) is 6.72. The number of nitrogens with one attached hydrogen (secondary N) is 2. The summed E-state index contributed by atoms with van der Waals surface area (Å²) in [6, 6.07) is 0.379. The topological polar surface area (TPSA) is 59.1 Å². The third-order valence-electron chi connectivity index (χ3n) is 3.32. The lowest BCUT2D eigenvalue weighted by Crippen LogP contribution is -2.40. The van der Waals surface area contributed by atoms with E-state index in [9.17, 15) is 0 Å². The standard InChI is InChI=1S/C14H23BrN4O/c1-4-6-16-13-17-9-11(15)12(19-13)18-10-5-7-20-14(2,3)8-10/h9-10H,4-8H2,1-3H3,(H2,16,17,18,19). The first-order valence-electron chi connectivity index (χ1n) is 7.17. The van der Waals surface area contributed by atoms with Crippen LogP contribution in [0, 0.1) is 0 Å². The zero-order chi connectivity index (χ0) is 14.6. The molecule has 0 spiro atoms. The Labute approximate surface area is 129 Å². The van der Waals surface area contributed by atoms with Gasteiger partial charge in [-0.3, -0.25) is 0 Å². The highest BCUT2D eigenvalue weighted by Crippen LogP contribution is 2.28. The van der Waals surface area contributed by atoms with Gasteiger partial charge in [-0.05, 0) is 49.0 Å². The van der Waals surface area contributed by atoms with Crippen molar-refractivity contribution < 1.29 is 4.74 Å². The minimum Gasteiger partial charge on any atom is -0.375 e. The molecule has 0 amide bonds. The van der Waals surface area contributed by atoms with Crippen LogP contribution in [-0.4, -0.2) is 34.8 Å². The van der Waals surface area contributed by atoms with Gasteiger partial charge in [0.15, 0.2) is 0 Å². The van der Waals surface area contributed by atoms with Gasteiger partial charge in [-0.2, -0.15) is 4.98 Å². The van der Waals surface area contributed by atoms with E-state index in [1.165, 1.54) is 0 Å². The van der Waals surface area contributed by atoms with Crippen LogP contribution in [0.2, 0.25) is 0 Å². The monoisotopic (exact) mass is 342 g/mol. The molecule has 6 heteroatoms. The molecule has 2 rings (SSSR count). The maximum absolute atomic E-state index is 5.74. The summed E-state index contributed by atoms with van der Waals surface area (Å²) in [6.07, 6.45) is 4.81. The molecule has 1 atom stereocenters. The fraction of sp³-hybridized carbons (Fsp3) is 0.714. The van der Waals surface area contributed by atoms with Crippen LogP contribution in [0.15, 0.2) is 10.7 Å². The summed E-state index contributed by atoms with van der Waals surface area (Å²) in [5, 5.41) is 6.71. The Morgan fingerprint density at radius 1 is 1.50 bits per heavy atom. The summed E-state index contributed by atoms with van der Waals surface area (Å²) in [5.74, 6) is 1.52. The summed E-state index contributed by atoms with van der Waals surface area (Å²) >= 11 is 3.51. The highest BCUT2D eigenvalue weighted by atomic mass is 79.9. The Morgan fingerprint density at radius 3 is 3.00 bits per heavy atom. The molecule has 112 valence electrons. The molecule has 1 aliphatic heterocycles. The summed E-state index contributed by atoms with van der Waals surface area (Å²) in [4.78, 5) is 8.79. The van der Waals surface area contributed by atoms with E-state index in [0.29, 0.717) is 12.0 Å². The Kier molecular flexibility index (Phi) is 5.21. The third kappa shape index (κ3) is 4.31. The molecule has 1 aromatic heterocycles. The highest BCUT2D eigenvalue weighted by Gasteiger charge is 2.29. The van der Waals surface area contributed by atoms with Gasteiger partial charge in [0.05, 0.1) is 10.1 Å². The van der Waals surface area contributed by atoms with Crippen molar-refractivity contribution in [2.75, 3.05) is 23.8 Å². The number of aromatic nitrogens is 2. The molecule has 5 nitrogen and oxygen atoms in total. The van der Waals surface area contributed by atoms with Crippen LogP contribution in [-0.2, 0) is 4.74 Å². The SMILES string of the molecule is CCCNc1ncc(Br)c(NC2CCOC(C)(C)C2)n1. The average molecular weight is 343 g/mol. The first kappa shape index (κ1) is 15.5. The number of hydrogen-bond donors (Lipinski definition) is 2. The Morgan fingerprint density at radius 2 is 2.30 bits per heavy atom. The quantitative estimate of drug-likeness (QED) is 0.858. The average Bonchev–Trinajstić information content (AvgIpc) is 2.38. The maximum atomic E-state index is 5.74. The van der Waals surface area contributed by atoms with Crippen LogP contribution < -0.4 is 10.6 Å². The lowest BCUT2D eigenvalue weighted by atomic mass is 9.94. The van der Waals surface area contributed by atoms with Gasteiger partial charge < -0.3 is 15.4 Å². The van der Waals surface area contributed by atoms with E-state index in [1.54, 1.807) is 6.20 Å². The summed E-state index contributed by atoms with van der Waals surface area (Å²) < 4.78 is 6.64. The van der Waals surface area contributed by atoms with E-state index in [0.717, 1.165) is 42.7 Å². The summed E-state index contributed by atoms with van der Waals surface area (Å²) in [7, 11) is 0. The van der Waals surface area contributed by atoms with Crippen LogP contribution in [0.4, 0.5) is 11.8 Å². The number of rotatable bonds is 5. The molecule has 20 heavy (non-hydrogen) atoms.